The first-order valence-corrected chi connectivity index (χ1v) is 9.86. The number of ether oxygens (including phenoxy) is 1. The smallest absolute Gasteiger partial charge is 0.262 e. The van der Waals surface area contributed by atoms with Gasteiger partial charge in [-0.2, -0.15) is 0 Å². The van der Waals surface area contributed by atoms with Crippen LogP contribution in [0, 0.1) is 0 Å². The molecule has 128 valence electrons. The Hall–Kier alpha value is -2.53. The van der Waals surface area contributed by atoms with E-state index in [4.69, 9.17) is 4.74 Å². The van der Waals surface area contributed by atoms with Crippen molar-refractivity contribution in [2.75, 3.05) is 11.3 Å². The third kappa shape index (κ3) is 2.85. The van der Waals surface area contributed by atoms with Crippen molar-refractivity contribution in [1.82, 2.24) is 0 Å². The molecule has 0 fully saturated rings. The van der Waals surface area contributed by atoms with Crippen LogP contribution in [-0.4, -0.2) is 15.0 Å². The van der Waals surface area contributed by atoms with E-state index in [1.54, 1.807) is 30.3 Å². The molecule has 0 spiro atoms. The second kappa shape index (κ2) is 6.08. The van der Waals surface area contributed by atoms with E-state index in [2.05, 4.69) is 10.8 Å². The summed E-state index contributed by atoms with van der Waals surface area (Å²) in [6.45, 7) is 2.48. The molecule has 1 aliphatic rings. The van der Waals surface area contributed by atoms with Crippen LogP contribution in [0.4, 0.5) is 5.69 Å². The molecule has 0 amide bonds. The van der Waals surface area contributed by atoms with Crippen LogP contribution in [0.3, 0.4) is 0 Å². The van der Waals surface area contributed by atoms with Crippen LogP contribution in [0.5, 0.6) is 5.75 Å². The van der Waals surface area contributed by atoms with E-state index in [0.717, 1.165) is 29.4 Å². The van der Waals surface area contributed by atoms with Gasteiger partial charge in [0.25, 0.3) is 10.0 Å². The van der Waals surface area contributed by atoms with Gasteiger partial charge in [-0.1, -0.05) is 24.3 Å². The minimum Gasteiger partial charge on any atom is -0.494 e. The van der Waals surface area contributed by atoms with Gasteiger partial charge in [-0.25, -0.2) is 8.42 Å². The summed E-state index contributed by atoms with van der Waals surface area (Å²) in [6, 6.07) is 16.5. The van der Waals surface area contributed by atoms with E-state index in [1.165, 1.54) is 11.1 Å². The molecule has 3 aromatic carbocycles. The Kier molecular flexibility index (Phi) is 3.88. The van der Waals surface area contributed by atoms with Gasteiger partial charge in [0.1, 0.15) is 5.75 Å². The molecule has 3 aromatic rings. The number of benzene rings is 3. The zero-order valence-electron chi connectivity index (χ0n) is 14.0. The van der Waals surface area contributed by atoms with E-state index in [0.29, 0.717) is 17.2 Å². The Morgan fingerprint density at radius 3 is 2.40 bits per heavy atom. The molecule has 4 nitrogen and oxygen atoms in total. The third-order valence-corrected chi connectivity index (χ3v) is 5.98. The Balaban J connectivity index is 1.73. The molecule has 25 heavy (non-hydrogen) atoms. The van der Waals surface area contributed by atoms with E-state index < -0.39 is 10.0 Å². The Morgan fingerprint density at radius 2 is 1.68 bits per heavy atom. The number of hydrogen-bond acceptors (Lipinski definition) is 3. The van der Waals surface area contributed by atoms with E-state index >= 15 is 0 Å². The molecule has 4 rings (SSSR count). The molecule has 0 bridgehead atoms. The highest BCUT2D eigenvalue weighted by Gasteiger charge is 2.22. The van der Waals surface area contributed by atoms with Gasteiger partial charge < -0.3 is 4.74 Å². The van der Waals surface area contributed by atoms with Crippen molar-refractivity contribution in [3.63, 3.8) is 0 Å². The molecule has 0 atom stereocenters. The summed E-state index contributed by atoms with van der Waals surface area (Å²) >= 11 is 0. The normalized spacial score (nSPS) is 13.2. The highest BCUT2D eigenvalue weighted by molar-refractivity contribution is 7.93. The summed E-state index contributed by atoms with van der Waals surface area (Å²) in [7, 11) is -3.66. The Bertz CT molecular complexity index is 1030. The Morgan fingerprint density at radius 1 is 0.960 bits per heavy atom. The highest BCUT2D eigenvalue weighted by atomic mass is 32.2. The second-order valence-corrected chi connectivity index (χ2v) is 7.78. The van der Waals surface area contributed by atoms with Crippen molar-refractivity contribution in [3.05, 3.63) is 65.7 Å². The van der Waals surface area contributed by atoms with Gasteiger partial charge in [-0.05, 0) is 66.6 Å². The molecule has 0 radical (unpaired) electrons. The van der Waals surface area contributed by atoms with Crippen LogP contribution in [0.25, 0.3) is 10.8 Å². The maximum absolute atomic E-state index is 12.9. The number of aryl methyl sites for hydroxylation is 2. The lowest BCUT2D eigenvalue weighted by Gasteiger charge is -2.12. The summed E-state index contributed by atoms with van der Waals surface area (Å²) in [6.07, 6.45) is 1.95. The topological polar surface area (TPSA) is 55.4 Å². The minimum absolute atomic E-state index is 0.323. The van der Waals surface area contributed by atoms with Crippen LogP contribution >= 0.6 is 0 Å². The molecular weight excluding hydrogens is 334 g/mol. The van der Waals surface area contributed by atoms with E-state index in [1.807, 2.05) is 25.1 Å². The summed E-state index contributed by atoms with van der Waals surface area (Å²) in [5, 5.41) is 1.89. The van der Waals surface area contributed by atoms with E-state index in [-0.39, 0.29) is 0 Å². The molecule has 0 unspecified atom stereocenters. The SMILES string of the molecule is CCOc1ccc(NS(=O)(=O)c2ccc3c4c(cccc24)CC3)cc1. The molecule has 0 aliphatic heterocycles. The highest BCUT2D eigenvalue weighted by Crippen LogP contribution is 2.35. The monoisotopic (exact) mass is 353 g/mol. The first-order chi connectivity index (χ1) is 12.1. The van der Waals surface area contributed by atoms with Crippen LogP contribution in [0.15, 0.2) is 59.5 Å². The van der Waals surface area contributed by atoms with Gasteiger partial charge in [0.2, 0.25) is 0 Å². The first-order valence-electron chi connectivity index (χ1n) is 8.37. The van der Waals surface area contributed by atoms with E-state index in [9.17, 15) is 8.42 Å². The van der Waals surface area contributed by atoms with Gasteiger partial charge in [0.05, 0.1) is 11.5 Å². The zero-order valence-corrected chi connectivity index (χ0v) is 14.8. The largest absolute Gasteiger partial charge is 0.494 e. The fraction of sp³-hybridized carbons (Fsp3) is 0.200. The molecule has 5 heteroatoms. The molecule has 1 aliphatic carbocycles. The lowest BCUT2D eigenvalue weighted by atomic mass is 10.1. The maximum atomic E-state index is 12.9. The van der Waals surface area contributed by atoms with Crippen LogP contribution in [0.1, 0.15) is 18.1 Å². The quantitative estimate of drug-likeness (QED) is 0.750. The number of hydrogen-bond donors (Lipinski definition) is 1. The molecule has 0 heterocycles. The summed E-state index contributed by atoms with van der Waals surface area (Å²) in [5.41, 5.74) is 2.97. The van der Waals surface area contributed by atoms with Gasteiger partial charge in [-0.3, -0.25) is 4.72 Å². The average molecular weight is 353 g/mol. The average Bonchev–Trinajstić information content (AvgIpc) is 3.02. The number of nitrogens with one attached hydrogen (secondary N) is 1. The van der Waals surface area contributed by atoms with Gasteiger partial charge in [0.15, 0.2) is 0 Å². The summed E-state index contributed by atoms with van der Waals surface area (Å²) in [4.78, 5) is 0.323. The van der Waals surface area contributed by atoms with Crippen LogP contribution in [0.2, 0.25) is 0 Å². The fourth-order valence-electron chi connectivity index (χ4n) is 3.45. The van der Waals surface area contributed by atoms with Gasteiger partial charge in [0, 0.05) is 11.1 Å². The zero-order chi connectivity index (χ0) is 17.4. The van der Waals surface area contributed by atoms with Crippen molar-refractivity contribution < 1.29 is 13.2 Å². The predicted molar refractivity (Wildman–Crippen MR) is 99.8 cm³/mol. The molecular formula is C20H19NO3S. The molecule has 0 aromatic heterocycles. The standard InChI is InChI=1S/C20H19NO3S/c1-2-24-17-11-9-16(10-12-17)21-25(22,23)19-13-8-15-7-6-14-4-3-5-18(19)20(14)15/h3-5,8-13,21H,2,6-7H2,1H3. The van der Waals surface area contributed by atoms with Gasteiger partial charge in [-0.15, -0.1) is 0 Å². The van der Waals surface area contributed by atoms with Gasteiger partial charge >= 0.3 is 0 Å². The minimum atomic E-state index is -3.66. The lowest BCUT2D eigenvalue weighted by Crippen LogP contribution is -2.13. The Labute approximate surface area is 147 Å². The number of rotatable bonds is 5. The third-order valence-electron chi connectivity index (χ3n) is 4.54. The molecule has 1 N–H and O–H groups in total. The maximum Gasteiger partial charge on any atom is 0.262 e. The lowest BCUT2D eigenvalue weighted by molar-refractivity contribution is 0.340. The predicted octanol–water partition coefficient (Wildman–Crippen LogP) is 4.14. The first kappa shape index (κ1) is 16.0. The summed E-state index contributed by atoms with van der Waals surface area (Å²) < 4.78 is 33.9. The van der Waals surface area contributed by atoms with Crippen LogP contribution in [-0.2, 0) is 22.9 Å². The fourth-order valence-corrected chi connectivity index (χ4v) is 4.71. The molecule has 0 saturated carbocycles. The number of sulfonamides is 1. The molecule has 0 saturated heterocycles. The summed E-state index contributed by atoms with van der Waals surface area (Å²) in [5.74, 6) is 0.718. The van der Waals surface area contributed by atoms with Crippen molar-refractivity contribution in [3.8, 4) is 5.75 Å². The number of anilines is 1. The van der Waals surface area contributed by atoms with Crippen molar-refractivity contribution in [1.29, 1.82) is 0 Å². The van der Waals surface area contributed by atoms with Crippen molar-refractivity contribution >= 4 is 26.5 Å². The van der Waals surface area contributed by atoms with Crippen molar-refractivity contribution in [2.24, 2.45) is 0 Å². The van der Waals surface area contributed by atoms with Crippen LogP contribution < -0.4 is 9.46 Å². The van der Waals surface area contributed by atoms with Crippen molar-refractivity contribution in [2.45, 2.75) is 24.7 Å². The second-order valence-electron chi connectivity index (χ2n) is 6.13.